The molecule has 0 unspecified atom stereocenters. The van der Waals surface area contributed by atoms with Gasteiger partial charge in [-0.2, -0.15) is 0 Å². The standard InChI is InChI=1S/C24H25N5OS2/c1-5-18-10-12-20(13-11-18)29(17(3)30)23-25-19(14-31-23)15-32-24-27-26-22(28(24)4)21-9-7-6-8-16(21)2/h6-14H,5,15H2,1-4H3. The third-order valence-corrected chi connectivity index (χ3v) is 7.15. The van der Waals surface area contributed by atoms with E-state index in [-0.39, 0.29) is 5.91 Å². The van der Waals surface area contributed by atoms with Crippen LogP contribution in [0, 0.1) is 6.92 Å². The van der Waals surface area contributed by atoms with Gasteiger partial charge in [-0.05, 0) is 36.6 Å². The first-order valence-electron chi connectivity index (χ1n) is 10.4. The molecule has 4 rings (SSSR count). The Labute approximate surface area is 196 Å². The van der Waals surface area contributed by atoms with Gasteiger partial charge < -0.3 is 4.57 Å². The van der Waals surface area contributed by atoms with E-state index in [0.29, 0.717) is 10.9 Å². The van der Waals surface area contributed by atoms with Gasteiger partial charge in [0.2, 0.25) is 5.91 Å². The van der Waals surface area contributed by atoms with Crippen LogP contribution in [0.3, 0.4) is 0 Å². The first kappa shape index (κ1) is 22.2. The van der Waals surface area contributed by atoms with Crippen LogP contribution in [-0.2, 0) is 24.0 Å². The molecule has 164 valence electrons. The number of anilines is 2. The molecule has 0 spiro atoms. The quantitative estimate of drug-likeness (QED) is 0.325. The van der Waals surface area contributed by atoms with E-state index < -0.39 is 0 Å². The molecule has 0 radical (unpaired) electrons. The molecule has 0 aliphatic rings. The van der Waals surface area contributed by atoms with Crippen molar-refractivity contribution in [3.05, 3.63) is 70.7 Å². The summed E-state index contributed by atoms with van der Waals surface area (Å²) in [4.78, 5) is 18.7. The van der Waals surface area contributed by atoms with Gasteiger partial charge in [0.05, 0.1) is 11.4 Å². The average Bonchev–Trinajstić information content (AvgIpc) is 3.40. The molecule has 0 fully saturated rings. The Morgan fingerprint density at radius 3 is 2.56 bits per heavy atom. The van der Waals surface area contributed by atoms with E-state index in [4.69, 9.17) is 4.98 Å². The lowest BCUT2D eigenvalue weighted by atomic mass is 10.1. The number of thiazole rings is 1. The van der Waals surface area contributed by atoms with E-state index in [1.54, 1.807) is 23.6 Å². The largest absolute Gasteiger partial charge is 0.305 e. The third-order valence-electron chi connectivity index (χ3n) is 5.22. The van der Waals surface area contributed by atoms with Crippen molar-refractivity contribution in [2.75, 3.05) is 4.90 Å². The number of hydrogen-bond acceptors (Lipinski definition) is 6. The smallest absolute Gasteiger partial charge is 0.230 e. The van der Waals surface area contributed by atoms with Crippen LogP contribution in [0.4, 0.5) is 10.8 Å². The number of thioether (sulfide) groups is 1. The minimum absolute atomic E-state index is 0.0565. The van der Waals surface area contributed by atoms with E-state index in [2.05, 4.69) is 48.3 Å². The Bertz CT molecular complexity index is 1230. The van der Waals surface area contributed by atoms with Gasteiger partial charge in [0.25, 0.3) is 0 Å². The topological polar surface area (TPSA) is 63.9 Å². The summed E-state index contributed by atoms with van der Waals surface area (Å²) in [6.07, 6.45) is 0.965. The fourth-order valence-electron chi connectivity index (χ4n) is 3.41. The molecule has 32 heavy (non-hydrogen) atoms. The van der Waals surface area contributed by atoms with Crippen molar-refractivity contribution in [2.24, 2.45) is 7.05 Å². The van der Waals surface area contributed by atoms with E-state index in [9.17, 15) is 4.79 Å². The van der Waals surface area contributed by atoms with Crippen molar-refractivity contribution in [3.63, 3.8) is 0 Å². The van der Waals surface area contributed by atoms with Crippen molar-refractivity contribution in [2.45, 2.75) is 38.1 Å². The molecule has 2 aromatic heterocycles. The highest BCUT2D eigenvalue weighted by Crippen LogP contribution is 2.32. The van der Waals surface area contributed by atoms with Crippen LogP contribution >= 0.6 is 23.1 Å². The SMILES string of the molecule is CCc1ccc(N(C(C)=O)c2nc(CSc3nnc(-c4ccccc4C)n3C)cs2)cc1. The van der Waals surface area contributed by atoms with Crippen LogP contribution in [0.1, 0.15) is 30.7 Å². The highest BCUT2D eigenvalue weighted by atomic mass is 32.2. The van der Waals surface area contributed by atoms with Crippen molar-refractivity contribution in [1.82, 2.24) is 19.7 Å². The molecule has 2 heterocycles. The Balaban J connectivity index is 1.50. The molecule has 0 atom stereocenters. The molecule has 0 aliphatic heterocycles. The van der Waals surface area contributed by atoms with Crippen LogP contribution in [-0.4, -0.2) is 25.7 Å². The zero-order valence-corrected chi connectivity index (χ0v) is 20.2. The summed E-state index contributed by atoms with van der Waals surface area (Å²) in [5.74, 6) is 1.44. The number of nitrogens with zero attached hydrogens (tertiary/aromatic N) is 5. The van der Waals surface area contributed by atoms with Gasteiger partial charge in [-0.15, -0.1) is 21.5 Å². The summed E-state index contributed by atoms with van der Waals surface area (Å²) in [6.45, 7) is 5.75. The molecule has 0 saturated carbocycles. The number of carbonyl (C=O) groups is 1. The number of hydrogen-bond donors (Lipinski definition) is 0. The molecule has 6 nitrogen and oxygen atoms in total. The van der Waals surface area contributed by atoms with Crippen molar-refractivity contribution < 1.29 is 4.79 Å². The first-order valence-corrected chi connectivity index (χ1v) is 12.3. The lowest BCUT2D eigenvalue weighted by molar-refractivity contribution is -0.115. The molecular weight excluding hydrogens is 438 g/mol. The maximum atomic E-state index is 12.4. The van der Waals surface area contributed by atoms with Gasteiger partial charge in [-0.1, -0.05) is 55.1 Å². The lowest BCUT2D eigenvalue weighted by Crippen LogP contribution is -2.22. The molecule has 0 aliphatic carbocycles. The van der Waals surface area contributed by atoms with E-state index in [1.807, 2.05) is 41.3 Å². The Morgan fingerprint density at radius 2 is 1.88 bits per heavy atom. The minimum Gasteiger partial charge on any atom is -0.305 e. The summed E-state index contributed by atoms with van der Waals surface area (Å²) >= 11 is 3.06. The second-order valence-corrected chi connectivity index (χ2v) is 9.24. The molecule has 4 aromatic rings. The van der Waals surface area contributed by atoms with Crippen LogP contribution < -0.4 is 4.90 Å². The number of carbonyl (C=O) groups excluding carboxylic acids is 1. The first-order chi connectivity index (χ1) is 15.5. The molecule has 8 heteroatoms. The van der Waals surface area contributed by atoms with E-state index >= 15 is 0 Å². The van der Waals surface area contributed by atoms with Gasteiger partial charge in [-0.25, -0.2) is 4.98 Å². The fraction of sp³-hybridized carbons (Fsp3) is 0.250. The Hall–Kier alpha value is -2.97. The zero-order valence-electron chi connectivity index (χ0n) is 18.6. The van der Waals surface area contributed by atoms with E-state index in [1.165, 1.54) is 22.5 Å². The molecule has 1 amide bonds. The maximum absolute atomic E-state index is 12.4. The van der Waals surface area contributed by atoms with Crippen molar-refractivity contribution in [3.8, 4) is 11.4 Å². The summed E-state index contributed by atoms with van der Waals surface area (Å²) < 4.78 is 2.01. The highest BCUT2D eigenvalue weighted by molar-refractivity contribution is 7.98. The molecule has 0 saturated heterocycles. The van der Waals surface area contributed by atoms with Gasteiger partial charge in [0, 0.05) is 30.7 Å². The van der Waals surface area contributed by atoms with Gasteiger partial charge in [-0.3, -0.25) is 9.69 Å². The molecular formula is C24H25N5OS2. The predicted molar refractivity (Wildman–Crippen MR) is 131 cm³/mol. The zero-order chi connectivity index (χ0) is 22.7. The maximum Gasteiger partial charge on any atom is 0.230 e. The number of aryl methyl sites for hydroxylation is 2. The molecule has 2 aromatic carbocycles. The number of aromatic nitrogens is 4. The lowest BCUT2D eigenvalue weighted by Gasteiger charge is -2.18. The van der Waals surface area contributed by atoms with Crippen LogP contribution in [0.5, 0.6) is 0 Å². The van der Waals surface area contributed by atoms with Crippen LogP contribution in [0.15, 0.2) is 59.1 Å². The van der Waals surface area contributed by atoms with Crippen LogP contribution in [0.25, 0.3) is 11.4 Å². The number of rotatable bonds is 7. The predicted octanol–water partition coefficient (Wildman–Crippen LogP) is 5.79. The van der Waals surface area contributed by atoms with Gasteiger partial charge in [0.15, 0.2) is 16.1 Å². The normalized spacial score (nSPS) is 11.0. The molecule has 0 N–H and O–H groups in total. The van der Waals surface area contributed by atoms with Crippen molar-refractivity contribution >= 4 is 39.8 Å². The van der Waals surface area contributed by atoms with Gasteiger partial charge in [0.1, 0.15) is 0 Å². The summed E-state index contributed by atoms with van der Waals surface area (Å²) in [5, 5.41) is 12.3. The molecule has 0 bridgehead atoms. The Morgan fingerprint density at radius 1 is 1.12 bits per heavy atom. The Kier molecular flexibility index (Phi) is 6.72. The second kappa shape index (κ2) is 9.67. The summed E-state index contributed by atoms with van der Waals surface area (Å²) in [6, 6.07) is 16.2. The van der Waals surface area contributed by atoms with Crippen molar-refractivity contribution in [1.29, 1.82) is 0 Å². The summed E-state index contributed by atoms with van der Waals surface area (Å²) in [5.41, 5.74) is 5.23. The number of amides is 1. The third kappa shape index (κ3) is 4.61. The average molecular weight is 464 g/mol. The van der Waals surface area contributed by atoms with Gasteiger partial charge >= 0.3 is 0 Å². The second-order valence-electron chi connectivity index (χ2n) is 7.46. The fourth-order valence-corrected chi connectivity index (χ4v) is 5.21. The number of benzene rings is 2. The van der Waals surface area contributed by atoms with Crippen LogP contribution in [0.2, 0.25) is 0 Å². The summed E-state index contributed by atoms with van der Waals surface area (Å²) in [7, 11) is 1.98. The highest BCUT2D eigenvalue weighted by Gasteiger charge is 2.19. The van der Waals surface area contributed by atoms with E-state index in [0.717, 1.165) is 34.3 Å². The minimum atomic E-state index is -0.0565. The monoisotopic (exact) mass is 463 g/mol.